The predicted molar refractivity (Wildman–Crippen MR) is 74.0 cm³/mol. The van der Waals surface area contributed by atoms with Crippen molar-refractivity contribution in [2.45, 2.75) is 38.7 Å². The largest absolute Gasteiger partial charge is 0.384 e. The zero-order valence-electron chi connectivity index (χ0n) is 11.5. The maximum absolute atomic E-state index is 12.1. The Labute approximate surface area is 113 Å². The number of rotatable bonds is 4. The van der Waals surface area contributed by atoms with Crippen molar-refractivity contribution in [3.05, 3.63) is 23.4 Å². The zero-order chi connectivity index (χ0) is 13.8. The van der Waals surface area contributed by atoms with Crippen LogP contribution in [0.5, 0.6) is 0 Å². The molecule has 0 spiro atoms. The van der Waals surface area contributed by atoms with Crippen LogP contribution in [0.3, 0.4) is 0 Å². The Morgan fingerprint density at radius 2 is 2.37 bits per heavy atom. The molecule has 104 valence electrons. The lowest BCUT2D eigenvalue weighted by Crippen LogP contribution is -2.31. The maximum Gasteiger partial charge on any atom is 0.251 e. The number of amides is 1. The van der Waals surface area contributed by atoms with E-state index < -0.39 is 0 Å². The van der Waals surface area contributed by atoms with Gasteiger partial charge in [-0.25, -0.2) is 4.98 Å². The molecule has 1 unspecified atom stereocenters. The van der Waals surface area contributed by atoms with Gasteiger partial charge in [0.25, 0.3) is 5.91 Å². The summed E-state index contributed by atoms with van der Waals surface area (Å²) < 4.78 is 5.47. The van der Waals surface area contributed by atoms with Crippen LogP contribution in [0.2, 0.25) is 0 Å². The molecule has 1 aromatic rings. The molecule has 1 aliphatic rings. The molecule has 5 nitrogen and oxygen atoms in total. The lowest BCUT2D eigenvalue weighted by Gasteiger charge is -2.12. The number of nitrogens with two attached hydrogens (primary N) is 1. The lowest BCUT2D eigenvalue weighted by molar-refractivity contribution is 0.0857. The highest BCUT2D eigenvalue weighted by atomic mass is 16.5. The van der Waals surface area contributed by atoms with Gasteiger partial charge in [-0.2, -0.15) is 0 Å². The first-order valence-corrected chi connectivity index (χ1v) is 6.73. The van der Waals surface area contributed by atoms with E-state index in [0.717, 1.165) is 25.1 Å². The second kappa shape index (κ2) is 6.02. The minimum Gasteiger partial charge on any atom is -0.384 e. The minimum atomic E-state index is -0.119. The fourth-order valence-electron chi connectivity index (χ4n) is 2.11. The van der Waals surface area contributed by atoms with Gasteiger partial charge in [-0.1, -0.05) is 13.8 Å². The first-order chi connectivity index (χ1) is 9.06. The second-order valence-electron chi connectivity index (χ2n) is 5.21. The van der Waals surface area contributed by atoms with E-state index in [4.69, 9.17) is 10.5 Å². The Morgan fingerprint density at radius 1 is 1.58 bits per heavy atom. The standard InChI is InChI=1S/C14H21N3O2/c1-9(2)12-6-10(7-13(15)17-12)14(18)16-8-11-4-3-5-19-11/h6-7,9,11H,3-5,8H2,1-2H3,(H2,15,17)(H,16,18). The fourth-order valence-corrected chi connectivity index (χ4v) is 2.11. The monoisotopic (exact) mass is 263 g/mol. The van der Waals surface area contributed by atoms with Gasteiger partial charge in [-0.3, -0.25) is 4.79 Å². The molecule has 0 bridgehead atoms. The predicted octanol–water partition coefficient (Wildman–Crippen LogP) is 1.70. The van der Waals surface area contributed by atoms with E-state index in [0.29, 0.717) is 17.9 Å². The highest BCUT2D eigenvalue weighted by Crippen LogP contribution is 2.16. The Kier molecular flexibility index (Phi) is 4.37. The van der Waals surface area contributed by atoms with E-state index in [1.54, 1.807) is 12.1 Å². The van der Waals surface area contributed by atoms with Crippen molar-refractivity contribution < 1.29 is 9.53 Å². The summed E-state index contributed by atoms with van der Waals surface area (Å²) in [6.07, 6.45) is 2.23. The van der Waals surface area contributed by atoms with Gasteiger partial charge in [0.15, 0.2) is 0 Å². The van der Waals surface area contributed by atoms with Crippen molar-refractivity contribution in [3.8, 4) is 0 Å². The van der Waals surface area contributed by atoms with Gasteiger partial charge in [-0.05, 0) is 30.9 Å². The van der Waals surface area contributed by atoms with Crippen LogP contribution in [0.4, 0.5) is 5.82 Å². The minimum absolute atomic E-state index is 0.119. The lowest BCUT2D eigenvalue weighted by atomic mass is 10.1. The highest BCUT2D eigenvalue weighted by molar-refractivity contribution is 5.94. The molecule has 1 aliphatic heterocycles. The SMILES string of the molecule is CC(C)c1cc(C(=O)NCC2CCCO2)cc(N)n1. The molecule has 0 aromatic carbocycles. The number of hydrogen-bond acceptors (Lipinski definition) is 4. The molecule has 2 rings (SSSR count). The smallest absolute Gasteiger partial charge is 0.251 e. The van der Waals surface area contributed by atoms with E-state index in [-0.39, 0.29) is 17.9 Å². The molecule has 0 aliphatic carbocycles. The molecule has 1 atom stereocenters. The molecular weight excluding hydrogens is 242 g/mol. The summed E-state index contributed by atoms with van der Waals surface area (Å²) in [6, 6.07) is 3.41. The van der Waals surface area contributed by atoms with E-state index in [2.05, 4.69) is 10.3 Å². The number of carbonyl (C=O) groups excluding carboxylic acids is 1. The van der Waals surface area contributed by atoms with Crippen molar-refractivity contribution in [2.24, 2.45) is 0 Å². The van der Waals surface area contributed by atoms with E-state index in [9.17, 15) is 4.79 Å². The van der Waals surface area contributed by atoms with Gasteiger partial charge in [0.05, 0.1) is 6.10 Å². The number of ether oxygens (including phenoxy) is 1. The van der Waals surface area contributed by atoms with Gasteiger partial charge in [0.2, 0.25) is 0 Å². The third-order valence-corrected chi connectivity index (χ3v) is 3.23. The maximum atomic E-state index is 12.1. The Morgan fingerprint density at radius 3 is 3.00 bits per heavy atom. The summed E-state index contributed by atoms with van der Waals surface area (Å²) in [7, 11) is 0. The van der Waals surface area contributed by atoms with Crippen LogP contribution in [0, 0.1) is 0 Å². The van der Waals surface area contributed by atoms with Gasteiger partial charge in [0, 0.05) is 24.4 Å². The molecular formula is C14H21N3O2. The number of carbonyl (C=O) groups is 1. The number of hydrogen-bond donors (Lipinski definition) is 2. The summed E-state index contributed by atoms with van der Waals surface area (Å²) in [5.74, 6) is 0.508. The number of nitrogen functional groups attached to an aromatic ring is 1. The third-order valence-electron chi connectivity index (χ3n) is 3.23. The van der Waals surface area contributed by atoms with Gasteiger partial charge in [-0.15, -0.1) is 0 Å². The van der Waals surface area contributed by atoms with Crippen LogP contribution >= 0.6 is 0 Å². The quantitative estimate of drug-likeness (QED) is 0.866. The molecule has 1 amide bonds. The van der Waals surface area contributed by atoms with E-state index >= 15 is 0 Å². The number of aromatic nitrogens is 1. The van der Waals surface area contributed by atoms with E-state index in [1.807, 2.05) is 13.8 Å². The van der Waals surface area contributed by atoms with Crippen LogP contribution < -0.4 is 11.1 Å². The van der Waals surface area contributed by atoms with E-state index in [1.165, 1.54) is 0 Å². The zero-order valence-corrected chi connectivity index (χ0v) is 11.5. The second-order valence-corrected chi connectivity index (χ2v) is 5.21. The molecule has 3 N–H and O–H groups in total. The Bertz CT molecular complexity index is 454. The molecule has 0 saturated carbocycles. The molecule has 1 fully saturated rings. The average molecular weight is 263 g/mol. The van der Waals surface area contributed by atoms with Gasteiger partial charge >= 0.3 is 0 Å². The molecule has 1 saturated heterocycles. The number of nitrogens with one attached hydrogen (secondary N) is 1. The number of anilines is 1. The van der Waals surface area contributed by atoms with Crippen molar-refractivity contribution in [2.75, 3.05) is 18.9 Å². The van der Waals surface area contributed by atoms with Crippen LogP contribution in [0.15, 0.2) is 12.1 Å². The summed E-state index contributed by atoms with van der Waals surface area (Å²) in [5, 5.41) is 2.89. The highest BCUT2D eigenvalue weighted by Gasteiger charge is 2.17. The van der Waals surface area contributed by atoms with Gasteiger partial charge < -0.3 is 15.8 Å². The molecule has 0 radical (unpaired) electrons. The van der Waals surface area contributed by atoms with Crippen LogP contribution in [0.25, 0.3) is 0 Å². The topological polar surface area (TPSA) is 77.2 Å². The number of pyridine rings is 1. The first kappa shape index (κ1) is 13.8. The Hall–Kier alpha value is -1.62. The number of nitrogens with zero attached hydrogens (tertiary/aromatic N) is 1. The fraction of sp³-hybridized carbons (Fsp3) is 0.571. The van der Waals surface area contributed by atoms with Crippen LogP contribution in [-0.4, -0.2) is 30.1 Å². The Balaban J connectivity index is 2.01. The normalized spacial score (nSPS) is 18.8. The van der Waals surface area contributed by atoms with Crippen molar-refractivity contribution in [3.63, 3.8) is 0 Å². The summed E-state index contributed by atoms with van der Waals surface area (Å²) in [4.78, 5) is 16.3. The van der Waals surface area contributed by atoms with Crippen molar-refractivity contribution in [1.29, 1.82) is 0 Å². The summed E-state index contributed by atoms with van der Waals surface area (Å²) >= 11 is 0. The summed E-state index contributed by atoms with van der Waals surface area (Å²) in [5.41, 5.74) is 7.14. The third kappa shape index (κ3) is 3.67. The van der Waals surface area contributed by atoms with Crippen molar-refractivity contribution in [1.82, 2.24) is 10.3 Å². The van der Waals surface area contributed by atoms with Crippen LogP contribution in [-0.2, 0) is 4.74 Å². The first-order valence-electron chi connectivity index (χ1n) is 6.73. The summed E-state index contributed by atoms with van der Waals surface area (Å²) in [6.45, 7) is 5.39. The molecule has 2 heterocycles. The van der Waals surface area contributed by atoms with Gasteiger partial charge in [0.1, 0.15) is 5.82 Å². The molecule has 1 aromatic heterocycles. The molecule has 19 heavy (non-hydrogen) atoms. The van der Waals surface area contributed by atoms with Crippen LogP contribution in [0.1, 0.15) is 48.7 Å². The average Bonchev–Trinajstić information content (AvgIpc) is 2.88. The molecule has 5 heteroatoms. The van der Waals surface area contributed by atoms with Crippen molar-refractivity contribution >= 4 is 11.7 Å².